The van der Waals surface area contributed by atoms with Gasteiger partial charge in [0.15, 0.2) is 0 Å². The van der Waals surface area contributed by atoms with E-state index < -0.39 is 6.04 Å². The third kappa shape index (κ3) is 3.29. The number of benzene rings is 1. The van der Waals surface area contributed by atoms with Crippen LogP contribution in [0.2, 0.25) is 0 Å². The van der Waals surface area contributed by atoms with Crippen LogP contribution in [0.4, 0.5) is 0 Å². The fourth-order valence-electron chi connectivity index (χ4n) is 3.74. The Labute approximate surface area is 146 Å². The largest absolute Gasteiger partial charge is 0.347 e. The summed E-state index contributed by atoms with van der Waals surface area (Å²) in [5.74, 6) is -0.125. The van der Waals surface area contributed by atoms with Crippen molar-refractivity contribution in [2.45, 2.75) is 50.7 Å². The summed E-state index contributed by atoms with van der Waals surface area (Å²) in [7, 11) is 0. The van der Waals surface area contributed by atoms with Crippen LogP contribution in [0.25, 0.3) is 0 Å². The third-order valence-electron chi connectivity index (χ3n) is 5.07. The molecule has 130 valence electrons. The summed E-state index contributed by atoms with van der Waals surface area (Å²) in [4.78, 5) is 23.7. The summed E-state index contributed by atoms with van der Waals surface area (Å²) < 4.78 is 2.04. The van der Waals surface area contributed by atoms with Gasteiger partial charge in [0, 0.05) is 17.7 Å². The Hall–Kier alpha value is -2.63. The Morgan fingerprint density at radius 1 is 1.24 bits per heavy atom. The van der Waals surface area contributed by atoms with Gasteiger partial charge in [0.25, 0.3) is 0 Å². The molecule has 4 rings (SSSR count). The van der Waals surface area contributed by atoms with E-state index in [9.17, 15) is 9.59 Å². The smallest absolute Gasteiger partial charge is 0.243 e. The van der Waals surface area contributed by atoms with E-state index in [1.54, 1.807) is 0 Å². The number of amides is 2. The van der Waals surface area contributed by atoms with E-state index in [4.69, 9.17) is 0 Å². The zero-order chi connectivity index (χ0) is 17.2. The first-order chi connectivity index (χ1) is 12.2. The van der Waals surface area contributed by atoms with Crippen molar-refractivity contribution in [1.29, 1.82) is 0 Å². The SMILES string of the molecule is O=C1CC[C@H](C(=O)N[C@@H]2CCCc3c2cnn3Cc2ccccc2)N1. The molecule has 0 saturated carbocycles. The summed E-state index contributed by atoms with van der Waals surface area (Å²) in [6, 6.07) is 9.86. The van der Waals surface area contributed by atoms with Crippen LogP contribution in [0.3, 0.4) is 0 Å². The van der Waals surface area contributed by atoms with Crippen LogP contribution in [0.15, 0.2) is 36.5 Å². The lowest BCUT2D eigenvalue weighted by Gasteiger charge is -2.25. The van der Waals surface area contributed by atoms with Crippen LogP contribution in [0, 0.1) is 0 Å². The Balaban J connectivity index is 1.49. The second kappa shape index (κ2) is 6.70. The van der Waals surface area contributed by atoms with Gasteiger partial charge in [-0.15, -0.1) is 0 Å². The number of carbonyl (C=O) groups is 2. The molecule has 1 aliphatic carbocycles. The van der Waals surface area contributed by atoms with Crippen LogP contribution < -0.4 is 10.6 Å². The van der Waals surface area contributed by atoms with E-state index in [2.05, 4.69) is 27.9 Å². The lowest BCUT2D eigenvalue weighted by Crippen LogP contribution is -2.43. The number of hydrogen-bond acceptors (Lipinski definition) is 3. The molecule has 2 amide bonds. The maximum absolute atomic E-state index is 12.4. The van der Waals surface area contributed by atoms with Gasteiger partial charge in [-0.3, -0.25) is 14.3 Å². The van der Waals surface area contributed by atoms with E-state index in [1.165, 1.54) is 11.3 Å². The molecule has 1 fully saturated rings. The van der Waals surface area contributed by atoms with Crippen molar-refractivity contribution in [2.75, 3.05) is 0 Å². The summed E-state index contributed by atoms with van der Waals surface area (Å²) in [5.41, 5.74) is 3.53. The molecular weight excluding hydrogens is 316 g/mol. The molecule has 2 N–H and O–H groups in total. The minimum Gasteiger partial charge on any atom is -0.347 e. The number of aromatic nitrogens is 2. The Bertz CT molecular complexity index is 784. The third-order valence-corrected chi connectivity index (χ3v) is 5.07. The van der Waals surface area contributed by atoms with Crippen molar-refractivity contribution < 1.29 is 9.59 Å². The van der Waals surface area contributed by atoms with E-state index in [1.807, 2.05) is 29.1 Å². The lowest BCUT2D eigenvalue weighted by atomic mass is 9.92. The fourth-order valence-corrected chi connectivity index (χ4v) is 3.74. The second-order valence-electron chi connectivity index (χ2n) is 6.80. The van der Waals surface area contributed by atoms with Crippen LogP contribution in [-0.2, 0) is 22.6 Å². The van der Waals surface area contributed by atoms with Gasteiger partial charge in [-0.05, 0) is 31.2 Å². The Kier molecular flexibility index (Phi) is 4.26. The van der Waals surface area contributed by atoms with Crippen molar-refractivity contribution >= 4 is 11.8 Å². The fraction of sp³-hybridized carbons (Fsp3) is 0.421. The molecule has 2 heterocycles. The van der Waals surface area contributed by atoms with Gasteiger partial charge in [-0.25, -0.2) is 0 Å². The predicted octanol–water partition coefficient (Wildman–Crippen LogP) is 1.70. The van der Waals surface area contributed by atoms with Gasteiger partial charge < -0.3 is 10.6 Å². The first-order valence-corrected chi connectivity index (χ1v) is 8.89. The number of nitrogens with zero attached hydrogens (tertiary/aromatic N) is 2. The monoisotopic (exact) mass is 338 g/mol. The topological polar surface area (TPSA) is 76.0 Å². The van der Waals surface area contributed by atoms with Gasteiger partial charge in [0.2, 0.25) is 11.8 Å². The highest BCUT2D eigenvalue weighted by atomic mass is 16.2. The first kappa shape index (κ1) is 15.9. The molecule has 1 aliphatic heterocycles. The van der Waals surface area contributed by atoms with Gasteiger partial charge >= 0.3 is 0 Å². The van der Waals surface area contributed by atoms with Crippen LogP contribution >= 0.6 is 0 Å². The maximum atomic E-state index is 12.4. The van der Waals surface area contributed by atoms with Crippen molar-refractivity contribution in [1.82, 2.24) is 20.4 Å². The number of carbonyl (C=O) groups excluding carboxylic acids is 2. The van der Waals surface area contributed by atoms with Gasteiger partial charge in [0.05, 0.1) is 18.8 Å². The highest BCUT2D eigenvalue weighted by Crippen LogP contribution is 2.30. The quantitative estimate of drug-likeness (QED) is 0.891. The van der Waals surface area contributed by atoms with Crippen molar-refractivity contribution in [3.8, 4) is 0 Å². The zero-order valence-electron chi connectivity index (χ0n) is 14.1. The summed E-state index contributed by atoms with van der Waals surface area (Å²) in [6.45, 7) is 0.746. The van der Waals surface area contributed by atoms with E-state index in [-0.39, 0.29) is 17.9 Å². The zero-order valence-corrected chi connectivity index (χ0v) is 14.1. The van der Waals surface area contributed by atoms with Crippen LogP contribution in [-0.4, -0.2) is 27.6 Å². The molecule has 2 aromatic rings. The molecule has 0 spiro atoms. The molecule has 2 aliphatic rings. The number of hydrogen-bond donors (Lipinski definition) is 2. The summed E-state index contributed by atoms with van der Waals surface area (Å²) >= 11 is 0. The average Bonchev–Trinajstić information content (AvgIpc) is 3.23. The molecule has 1 saturated heterocycles. The first-order valence-electron chi connectivity index (χ1n) is 8.89. The Morgan fingerprint density at radius 2 is 2.08 bits per heavy atom. The molecule has 0 radical (unpaired) electrons. The van der Waals surface area contributed by atoms with Crippen molar-refractivity contribution in [3.63, 3.8) is 0 Å². The van der Waals surface area contributed by atoms with Crippen molar-refractivity contribution in [3.05, 3.63) is 53.3 Å². The molecular formula is C19H22N4O2. The highest BCUT2D eigenvalue weighted by Gasteiger charge is 2.31. The molecule has 0 bridgehead atoms. The predicted molar refractivity (Wildman–Crippen MR) is 92.8 cm³/mol. The molecule has 0 unspecified atom stereocenters. The Morgan fingerprint density at radius 3 is 2.84 bits per heavy atom. The summed E-state index contributed by atoms with van der Waals surface area (Å²) in [6.07, 6.45) is 5.82. The highest BCUT2D eigenvalue weighted by molar-refractivity contribution is 5.91. The standard InChI is InChI=1S/C19H22N4O2/c24-18-10-9-16(21-18)19(25)22-15-7-4-8-17-14(15)11-20-23(17)12-13-5-2-1-3-6-13/h1-3,5-6,11,15-16H,4,7-10,12H2,(H,21,24)(H,22,25)/t15-,16-/m1/s1. The van der Waals surface area contributed by atoms with E-state index in [0.29, 0.717) is 12.8 Å². The number of rotatable bonds is 4. The van der Waals surface area contributed by atoms with Gasteiger partial charge in [-0.1, -0.05) is 30.3 Å². The van der Waals surface area contributed by atoms with Crippen molar-refractivity contribution in [2.24, 2.45) is 0 Å². The minimum absolute atomic E-state index is 0.0155. The lowest BCUT2D eigenvalue weighted by molar-refractivity contribution is -0.126. The molecule has 6 heteroatoms. The second-order valence-corrected chi connectivity index (χ2v) is 6.80. The van der Waals surface area contributed by atoms with E-state index >= 15 is 0 Å². The number of nitrogens with one attached hydrogen (secondary N) is 2. The van der Waals surface area contributed by atoms with Gasteiger partial charge in [0.1, 0.15) is 6.04 Å². The van der Waals surface area contributed by atoms with E-state index in [0.717, 1.165) is 31.4 Å². The molecule has 2 atom stereocenters. The molecule has 1 aromatic heterocycles. The molecule has 1 aromatic carbocycles. The number of fused-ring (bicyclic) bond motifs is 1. The molecule has 25 heavy (non-hydrogen) atoms. The maximum Gasteiger partial charge on any atom is 0.243 e. The average molecular weight is 338 g/mol. The summed E-state index contributed by atoms with van der Waals surface area (Å²) in [5, 5.41) is 10.4. The minimum atomic E-state index is -0.391. The van der Waals surface area contributed by atoms with Crippen LogP contribution in [0.5, 0.6) is 0 Å². The van der Waals surface area contributed by atoms with Crippen LogP contribution in [0.1, 0.15) is 48.5 Å². The normalized spacial score (nSPS) is 22.3. The molecule has 6 nitrogen and oxygen atoms in total. The van der Waals surface area contributed by atoms with Gasteiger partial charge in [-0.2, -0.15) is 5.10 Å².